The van der Waals surface area contributed by atoms with E-state index in [1.165, 1.54) is 0 Å². The van der Waals surface area contributed by atoms with Crippen molar-refractivity contribution < 1.29 is 18.7 Å². The number of para-hydroxylation sites is 3. The molecular formula is C32H40NO4SSi. The van der Waals surface area contributed by atoms with E-state index >= 15 is 0 Å². The third kappa shape index (κ3) is 7.98. The van der Waals surface area contributed by atoms with Gasteiger partial charge in [-0.15, -0.1) is 11.8 Å². The number of fused-ring (bicyclic) bond motifs is 2. The van der Waals surface area contributed by atoms with Gasteiger partial charge in [-0.2, -0.15) is 0 Å². The highest BCUT2D eigenvalue weighted by Gasteiger charge is 2.29. The maximum Gasteiger partial charge on any atom is 0.225 e. The molecule has 1 radical (unpaired) electrons. The Morgan fingerprint density at radius 3 is 2.23 bits per heavy atom. The summed E-state index contributed by atoms with van der Waals surface area (Å²) in [6.45, 7) is 11.3. The minimum Gasteiger partial charge on any atom is -0.457 e. The quantitative estimate of drug-likeness (QED) is 0.144. The number of rotatable bonds is 11. The molecule has 0 spiro atoms. The number of ether oxygens (including phenoxy) is 2. The van der Waals surface area contributed by atoms with Crippen molar-refractivity contribution in [2.45, 2.75) is 76.8 Å². The lowest BCUT2D eigenvalue weighted by Crippen LogP contribution is -2.25. The predicted molar refractivity (Wildman–Crippen MR) is 162 cm³/mol. The Balaban J connectivity index is 1.52. The standard InChI is InChI=1S/C32H40NO4SSi/c1-32(2,3)19-18-30(37-39(5)6)35-21-22-12-11-17-28(38-4)31(22)33-29(34)20-25-23-13-7-9-15-26(23)36-27-16-10-8-14-24(25)27/h7-17,25,30H,18-21H2,1-6H3,(H,33,34). The SMILES string of the molecule is CSc1cccc(COC(CCC(C)(C)C)O[Si](C)C)c1NC(=O)CC1c2ccccc2Oc2ccccc21. The Morgan fingerprint density at radius 1 is 1.00 bits per heavy atom. The Morgan fingerprint density at radius 2 is 1.64 bits per heavy atom. The van der Waals surface area contributed by atoms with Crippen LogP contribution in [0.1, 0.15) is 62.6 Å². The zero-order valence-corrected chi connectivity index (χ0v) is 25.7. The van der Waals surface area contributed by atoms with Gasteiger partial charge in [0.2, 0.25) is 14.9 Å². The summed E-state index contributed by atoms with van der Waals surface area (Å²) >= 11 is 1.62. The predicted octanol–water partition coefficient (Wildman–Crippen LogP) is 8.61. The van der Waals surface area contributed by atoms with Gasteiger partial charge >= 0.3 is 0 Å². The van der Waals surface area contributed by atoms with Gasteiger partial charge in [0.15, 0.2) is 0 Å². The number of carbonyl (C=O) groups excluding carboxylic acids is 1. The summed E-state index contributed by atoms with van der Waals surface area (Å²) < 4.78 is 18.6. The van der Waals surface area contributed by atoms with Gasteiger partial charge in [0, 0.05) is 33.9 Å². The zero-order valence-electron chi connectivity index (χ0n) is 23.9. The number of anilines is 1. The molecule has 3 aromatic rings. The van der Waals surface area contributed by atoms with Crippen molar-refractivity contribution in [3.05, 3.63) is 83.4 Å². The van der Waals surface area contributed by atoms with Crippen LogP contribution in [0.15, 0.2) is 71.6 Å². The van der Waals surface area contributed by atoms with Crippen molar-refractivity contribution in [3.63, 3.8) is 0 Å². The first-order chi connectivity index (χ1) is 18.6. The molecular weight excluding hydrogens is 523 g/mol. The topological polar surface area (TPSA) is 56.8 Å². The van der Waals surface area contributed by atoms with Gasteiger partial charge in [-0.05, 0) is 55.8 Å². The average Bonchev–Trinajstić information content (AvgIpc) is 2.90. The van der Waals surface area contributed by atoms with E-state index in [1.807, 2.05) is 73.0 Å². The Hall–Kier alpha value is -2.58. The largest absolute Gasteiger partial charge is 0.457 e. The fraction of sp³-hybridized carbons (Fsp3) is 0.406. The number of hydrogen-bond acceptors (Lipinski definition) is 5. The van der Waals surface area contributed by atoms with Crippen LogP contribution in [0, 0.1) is 5.41 Å². The number of thioether (sulfide) groups is 1. The molecule has 1 N–H and O–H groups in total. The first-order valence-corrected chi connectivity index (χ1v) is 17.2. The first-order valence-electron chi connectivity index (χ1n) is 13.5. The zero-order chi connectivity index (χ0) is 28.0. The fourth-order valence-electron chi connectivity index (χ4n) is 4.79. The lowest BCUT2D eigenvalue weighted by molar-refractivity contribution is -0.116. The van der Waals surface area contributed by atoms with Crippen molar-refractivity contribution in [1.82, 2.24) is 0 Å². The van der Waals surface area contributed by atoms with Crippen LogP contribution in [-0.2, 0) is 20.6 Å². The molecule has 0 aliphatic carbocycles. The normalized spacial score (nSPS) is 13.9. The van der Waals surface area contributed by atoms with Crippen LogP contribution in [-0.4, -0.2) is 27.5 Å². The first kappa shape index (κ1) is 29.4. The van der Waals surface area contributed by atoms with Crippen LogP contribution in [0.25, 0.3) is 0 Å². The minimum atomic E-state index is -0.918. The van der Waals surface area contributed by atoms with Gasteiger partial charge in [-0.1, -0.05) is 69.3 Å². The molecule has 0 bridgehead atoms. The molecule has 1 atom stereocenters. The van der Waals surface area contributed by atoms with Crippen molar-refractivity contribution in [3.8, 4) is 11.5 Å². The number of hydrogen-bond donors (Lipinski definition) is 1. The lowest BCUT2D eigenvalue weighted by Gasteiger charge is -2.28. The fourth-order valence-corrected chi connectivity index (χ4v) is 6.10. The van der Waals surface area contributed by atoms with Gasteiger partial charge < -0.3 is 19.2 Å². The second-order valence-electron chi connectivity index (χ2n) is 11.3. The molecule has 5 nitrogen and oxygen atoms in total. The summed E-state index contributed by atoms with van der Waals surface area (Å²) in [6.07, 6.45) is 3.93. The number of benzene rings is 3. The van der Waals surface area contributed by atoms with Crippen LogP contribution < -0.4 is 10.1 Å². The van der Waals surface area contributed by atoms with Gasteiger partial charge in [0.1, 0.15) is 17.8 Å². The van der Waals surface area contributed by atoms with Crippen LogP contribution in [0.5, 0.6) is 11.5 Å². The number of carbonyl (C=O) groups is 1. The van der Waals surface area contributed by atoms with Crippen molar-refractivity contribution >= 4 is 32.4 Å². The molecule has 1 unspecified atom stereocenters. The van der Waals surface area contributed by atoms with Crippen LogP contribution in [0.4, 0.5) is 5.69 Å². The Bertz CT molecular complexity index is 1230. The van der Waals surface area contributed by atoms with Crippen molar-refractivity contribution in [1.29, 1.82) is 0 Å². The molecule has 1 aliphatic heterocycles. The highest BCUT2D eigenvalue weighted by molar-refractivity contribution is 7.98. The van der Waals surface area contributed by atoms with Crippen molar-refractivity contribution in [2.24, 2.45) is 5.41 Å². The van der Waals surface area contributed by atoms with E-state index in [-0.39, 0.29) is 23.5 Å². The van der Waals surface area contributed by atoms with E-state index in [0.29, 0.717) is 13.0 Å². The van der Waals surface area contributed by atoms with Crippen LogP contribution >= 0.6 is 11.8 Å². The van der Waals surface area contributed by atoms with E-state index < -0.39 is 9.04 Å². The minimum absolute atomic E-state index is 0.0394. The lowest BCUT2D eigenvalue weighted by atomic mass is 9.85. The Labute approximate surface area is 239 Å². The van der Waals surface area contributed by atoms with Gasteiger partial charge in [-0.25, -0.2) is 0 Å². The molecule has 1 aliphatic rings. The molecule has 0 aromatic heterocycles. The maximum absolute atomic E-state index is 13.6. The second-order valence-corrected chi connectivity index (χ2v) is 14.2. The van der Waals surface area contributed by atoms with Gasteiger partial charge in [0.25, 0.3) is 0 Å². The van der Waals surface area contributed by atoms with E-state index in [0.717, 1.165) is 51.6 Å². The number of amides is 1. The van der Waals surface area contributed by atoms with E-state index in [2.05, 4.69) is 39.2 Å². The summed E-state index contributed by atoms with van der Waals surface area (Å²) in [5.41, 5.74) is 4.04. The summed E-state index contributed by atoms with van der Waals surface area (Å²) in [5.74, 6) is 1.49. The van der Waals surface area contributed by atoms with Crippen LogP contribution in [0.3, 0.4) is 0 Å². The molecule has 0 saturated carbocycles. The highest BCUT2D eigenvalue weighted by atomic mass is 32.2. The average molecular weight is 563 g/mol. The van der Waals surface area contributed by atoms with Gasteiger partial charge in [0.05, 0.1) is 12.3 Å². The molecule has 3 aromatic carbocycles. The second kappa shape index (κ2) is 13.2. The summed E-state index contributed by atoms with van der Waals surface area (Å²) in [7, 11) is -0.918. The number of nitrogens with one attached hydrogen (secondary N) is 1. The van der Waals surface area contributed by atoms with E-state index in [9.17, 15) is 4.79 Å². The molecule has 207 valence electrons. The third-order valence-electron chi connectivity index (χ3n) is 6.72. The summed E-state index contributed by atoms with van der Waals surface area (Å²) in [5, 5.41) is 3.24. The highest BCUT2D eigenvalue weighted by Crippen LogP contribution is 2.45. The summed E-state index contributed by atoms with van der Waals surface area (Å²) in [4.78, 5) is 14.6. The molecule has 0 fully saturated rings. The monoisotopic (exact) mass is 562 g/mol. The molecule has 39 heavy (non-hydrogen) atoms. The molecule has 4 rings (SSSR count). The Kier molecular flexibility index (Phi) is 9.94. The molecule has 1 heterocycles. The van der Waals surface area contributed by atoms with Crippen molar-refractivity contribution in [2.75, 3.05) is 11.6 Å². The molecule has 7 heteroatoms. The summed E-state index contributed by atoms with van der Waals surface area (Å²) in [6, 6.07) is 22.0. The van der Waals surface area contributed by atoms with E-state index in [4.69, 9.17) is 13.9 Å². The van der Waals surface area contributed by atoms with Gasteiger partial charge in [-0.3, -0.25) is 4.79 Å². The third-order valence-corrected chi connectivity index (χ3v) is 8.23. The molecule has 0 saturated heterocycles. The maximum atomic E-state index is 13.6. The van der Waals surface area contributed by atoms with Crippen LogP contribution in [0.2, 0.25) is 13.1 Å². The van der Waals surface area contributed by atoms with E-state index in [1.54, 1.807) is 11.8 Å². The smallest absolute Gasteiger partial charge is 0.225 e. The molecule has 1 amide bonds.